The van der Waals surface area contributed by atoms with Crippen LogP contribution in [0, 0.1) is 5.92 Å². The molecule has 0 bridgehead atoms. The molecule has 2 unspecified atom stereocenters. The van der Waals surface area contributed by atoms with Gasteiger partial charge in [0.15, 0.2) is 0 Å². The minimum Gasteiger partial charge on any atom is -0.463 e. The second-order valence-electron chi connectivity index (χ2n) is 6.90. The molecule has 2 fully saturated rings. The first-order chi connectivity index (χ1) is 12.3. The number of hydrogen-bond donors (Lipinski definition) is 4. The number of carbonyl (C=O) groups is 1. The number of hydrogen-bond acceptors (Lipinski definition) is 5. The molecule has 2 aromatic heterocycles. The van der Waals surface area contributed by atoms with E-state index < -0.39 is 0 Å². The number of hydrazine groups is 1. The fraction of sp³-hybridized carbons (Fsp3) is 0.500. The van der Waals surface area contributed by atoms with Gasteiger partial charge in [-0.1, -0.05) is 0 Å². The van der Waals surface area contributed by atoms with Gasteiger partial charge in [-0.3, -0.25) is 15.1 Å². The Bertz CT molecular complexity index is 690. The fourth-order valence-corrected chi connectivity index (χ4v) is 3.61. The maximum Gasteiger partial charge on any atom is 0.267 e. The third-order valence-electron chi connectivity index (χ3n) is 5.00. The Kier molecular flexibility index (Phi) is 4.87. The lowest BCUT2D eigenvalue weighted by molar-refractivity contribution is 0.0943. The zero-order valence-corrected chi connectivity index (χ0v) is 14.3. The predicted molar refractivity (Wildman–Crippen MR) is 93.7 cm³/mol. The summed E-state index contributed by atoms with van der Waals surface area (Å²) in [6, 6.07) is 8.06. The van der Waals surface area contributed by atoms with Crippen molar-refractivity contribution in [3.8, 4) is 0 Å². The van der Waals surface area contributed by atoms with Crippen LogP contribution < -0.4 is 16.2 Å². The Hall–Kier alpha value is -2.09. The first kappa shape index (κ1) is 16.4. The molecule has 7 nitrogen and oxygen atoms in total. The monoisotopic (exact) mass is 343 g/mol. The summed E-state index contributed by atoms with van der Waals surface area (Å²) in [5.74, 6) is 2.49. The van der Waals surface area contributed by atoms with Crippen LogP contribution in [0.15, 0.2) is 34.9 Å². The van der Waals surface area contributed by atoms with Crippen LogP contribution in [0.5, 0.6) is 0 Å². The fourth-order valence-electron chi connectivity index (χ4n) is 3.61. The van der Waals surface area contributed by atoms with Crippen LogP contribution in [0.3, 0.4) is 0 Å². The molecule has 2 aliphatic heterocycles. The lowest BCUT2D eigenvalue weighted by Gasteiger charge is -2.15. The van der Waals surface area contributed by atoms with Crippen molar-refractivity contribution in [1.82, 2.24) is 26.1 Å². The van der Waals surface area contributed by atoms with E-state index in [9.17, 15) is 4.79 Å². The smallest absolute Gasteiger partial charge is 0.267 e. The number of H-pyrrole nitrogens is 1. The number of rotatable bonds is 6. The maximum absolute atomic E-state index is 12.0. The van der Waals surface area contributed by atoms with Gasteiger partial charge in [0.25, 0.3) is 5.91 Å². The van der Waals surface area contributed by atoms with Gasteiger partial charge < -0.3 is 14.7 Å². The molecule has 25 heavy (non-hydrogen) atoms. The van der Waals surface area contributed by atoms with Crippen LogP contribution in [0.1, 0.15) is 40.9 Å². The molecule has 2 atom stereocenters. The summed E-state index contributed by atoms with van der Waals surface area (Å²) in [5, 5.41) is 3.02. The highest BCUT2D eigenvalue weighted by Gasteiger charge is 2.25. The highest BCUT2D eigenvalue weighted by atomic mass is 16.3. The van der Waals surface area contributed by atoms with Crippen LogP contribution in [0.25, 0.3) is 0 Å². The Labute approximate surface area is 147 Å². The summed E-state index contributed by atoms with van der Waals surface area (Å²) in [7, 11) is 0. The molecule has 4 heterocycles. The van der Waals surface area contributed by atoms with E-state index in [0.29, 0.717) is 11.6 Å². The number of aromatic nitrogens is 1. The van der Waals surface area contributed by atoms with Gasteiger partial charge in [-0.2, -0.15) is 0 Å². The van der Waals surface area contributed by atoms with Crippen molar-refractivity contribution < 1.29 is 9.21 Å². The maximum atomic E-state index is 12.0. The zero-order valence-electron chi connectivity index (χ0n) is 14.3. The van der Waals surface area contributed by atoms with E-state index in [1.165, 1.54) is 0 Å². The molecule has 0 spiro atoms. The second-order valence-corrected chi connectivity index (χ2v) is 6.90. The lowest BCUT2D eigenvalue weighted by atomic mass is 10.1. The molecule has 0 saturated carbocycles. The van der Waals surface area contributed by atoms with E-state index in [-0.39, 0.29) is 11.9 Å². The second kappa shape index (κ2) is 7.43. The quantitative estimate of drug-likeness (QED) is 0.637. The van der Waals surface area contributed by atoms with Gasteiger partial charge in [-0.05, 0) is 49.6 Å². The summed E-state index contributed by atoms with van der Waals surface area (Å²) < 4.78 is 5.99. The van der Waals surface area contributed by atoms with Crippen molar-refractivity contribution in [2.24, 2.45) is 5.92 Å². The van der Waals surface area contributed by atoms with Crippen molar-refractivity contribution >= 4 is 5.91 Å². The average Bonchev–Trinajstić information content (AvgIpc) is 3.40. The summed E-state index contributed by atoms with van der Waals surface area (Å²) >= 11 is 0. The largest absolute Gasteiger partial charge is 0.463 e. The first-order valence-electron chi connectivity index (χ1n) is 8.99. The van der Waals surface area contributed by atoms with Crippen molar-refractivity contribution in [1.29, 1.82) is 0 Å². The van der Waals surface area contributed by atoms with E-state index in [1.807, 2.05) is 6.07 Å². The number of nitrogens with zero attached hydrogens (tertiary/aromatic N) is 1. The molecule has 0 aliphatic carbocycles. The van der Waals surface area contributed by atoms with Crippen molar-refractivity contribution in [2.45, 2.75) is 25.4 Å². The number of amides is 1. The highest BCUT2D eigenvalue weighted by molar-refractivity contribution is 5.92. The van der Waals surface area contributed by atoms with Gasteiger partial charge >= 0.3 is 0 Å². The van der Waals surface area contributed by atoms with Gasteiger partial charge in [-0.15, -0.1) is 0 Å². The lowest BCUT2D eigenvalue weighted by Crippen LogP contribution is -2.31. The molecule has 4 rings (SSSR count). The molecular weight excluding hydrogens is 318 g/mol. The molecule has 4 N–H and O–H groups in total. The third kappa shape index (κ3) is 3.95. The standard InChI is InChI=1S/C18H25N5O2/c24-18(16-2-1-7-19-16)20-10-13-6-9-23(11-13)12-14-3-4-17(25-14)15-5-8-21-22-15/h1-4,7,13,15,19,21-22H,5-6,8-12H2,(H,20,24). The highest BCUT2D eigenvalue weighted by Crippen LogP contribution is 2.24. The Morgan fingerprint density at radius 2 is 2.28 bits per heavy atom. The van der Waals surface area contributed by atoms with Gasteiger partial charge in [0.05, 0.1) is 12.6 Å². The van der Waals surface area contributed by atoms with E-state index in [1.54, 1.807) is 12.3 Å². The first-order valence-corrected chi connectivity index (χ1v) is 8.99. The van der Waals surface area contributed by atoms with Crippen LogP contribution in [-0.4, -0.2) is 42.0 Å². The summed E-state index contributed by atoms with van der Waals surface area (Å²) in [5.41, 5.74) is 6.98. The van der Waals surface area contributed by atoms with E-state index in [2.05, 4.69) is 38.2 Å². The molecule has 134 valence electrons. The molecule has 2 saturated heterocycles. The van der Waals surface area contributed by atoms with Crippen LogP contribution in [0.4, 0.5) is 0 Å². The van der Waals surface area contributed by atoms with Crippen molar-refractivity contribution in [3.05, 3.63) is 47.7 Å². The van der Waals surface area contributed by atoms with Crippen molar-refractivity contribution in [2.75, 3.05) is 26.2 Å². The van der Waals surface area contributed by atoms with Crippen molar-refractivity contribution in [3.63, 3.8) is 0 Å². The number of likely N-dealkylation sites (tertiary alicyclic amines) is 1. The van der Waals surface area contributed by atoms with Gasteiger partial charge in [0, 0.05) is 25.8 Å². The van der Waals surface area contributed by atoms with Gasteiger partial charge in [0.2, 0.25) is 0 Å². The molecule has 2 aromatic rings. The number of aromatic amines is 1. The van der Waals surface area contributed by atoms with Gasteiger partial charge in [0.1, 0.15) is 17.2 Å². The van der Waals surface area contributed by atoms with Gasteiger partial charge in [-0.25, -0.2) is 5.43 Å². The summed E-state index contributed by atoms with van der Waals surface area (Å²) in [4.78, 5) is 17.3. The number of nitrogens with one attached hydrogen (secondary N) is 4. The molecule has 1 amide bonds. The average molecular weight is 343 g/mol. The molecule has 7 heteroatoms. The van der Waals surface area contributed by atoms with E-state index in [0.717, 1.165) is 57.1 Å². The number of carbonyl (C=O) groups excluding carboxylic acids is 1. The molecule has 0 aromatic carbocycles. The Morgan fingerprint density at radius 1 is 1.32 bits per heavy atom. The minimum absolute atomic E-state index is 0.0307. The Morgan fingerprint density at radius 3 is 3.08 bits per heavy atom. The molecule has 0 radical (unpaired) electrons. The minimum atomic E-state index is -0.0307. The zero-order chi connectivity index (χ0) is 17.1. The molecular formula is C18H25N5O2. The SMILES string of the molecule is O=C(NCC1CCN(Cc2ccc(C3CCNN3)o2)C1)c1ccc[nH]1. The normalized spacial score (nSPS) is 24.0. The Balaban J connectivity index is 1.23. The van der Waals surface area contributed by atoms with Crippen LogP contribution in [0.2, 0.25) is 0 Å². The summed E-state index contributed by atoms with van der Waals surface area (Å²) in [6.07, 6.45) is 3.92. The predicted octanol–water partition coefficient (Wildman–Crippen LogP) is 1.40. The topological polar surface area (TPSA) is 85.3 Å². The number of furan rings is 1. The van der Waals surface area contributed by atoms with E-state index >= 15 is 0 Å². The third-order valence-corrected chi connectivity index (χ3v) is 5.00. The van der Waals surface area contributed by atoms with E-state index in [4.69, 9.17) is 4.42 Å². The van der Waals surface area contributed by atoms with Crippen LogP contribution in [-0.2, 0) is 6.54 Å². The van der Waals surface area contributed by atoms with Crippen LogP contribution >= 0.6 is 0 Å². The summed E-state index contributed by atoms with van der Waals surface area (Å²) in [6.45, 7) is 4.56. The molecule has 2 aliphatic rings.